The number of benzene rings is 2. The Bertz CT molecular complexity index is 747. The smallest absolute Gasteiger partial charge is 0.237 e. The first-order valence-corrected chi connectivity index (χ1v) is 9.80. The Hall–Kier alpha value is -1.24. The molecule has 0 saturated carbocycles. The first kappa shape index (κ1) is 16.6. The maximum atomic E-state index is 12.3. The van der Waals surface area contributed by atoms with Gasteiger partial charge in [0.1, 0.15) is 4.38 Å². The molecule has 1 amide bonds. The molecule has 1 aliphatic rings. The average Bonchev–Trinajstić information content (AvgIpc) is 2.56. The molecule has 0 aromatic heterocycles. The highest BCUT2D eigenvalue weighted by Gasteiger charge is 2.20. The van der Waals surface area contributed by atoms with Gasteiger partial charge in [-0.1, -0.05) is 57.7 Å². The van der Waals surface area contributed by atoms with Crippen molar-refractivity contribution in [2.75, 3.05) is 5.32 Å². The lowest BCUT2D eigenvalue weighted by Gasteiger charge is -2.17. The van der Waals surface area contributed by atoms with Crippen molar-refractivity contribution in [2.45, 2.75) is 17.9 Å². The van der Waals surface area contributed by atoms with E-state index in [1.807, 2.05) is 49.4 Å². The number of nitrogens with one attached hydrogen (secondary N) is 1. The standard InChI is InChI=1S/C17H15BrN2OS2/c1-11(16(21)19-14-8-6-13(18)7-9-14)23-17-20-15-5-3-2-4-12(15)10-22-17/h2-9,11H,10H2,1H3,(H,19,21). The van der Waals surface area contributed by atoms with Gasteiger partial charge in [-0.3, -0.25) is 4.79 Å². The van der Waals surface area contributed by atoms with Crippen LogP contribution in [0.5, 0.6) is 0 Å². The minimum absolute atomic E-state index is 0.0144. The van der Waals surface area contributed by atoms with Crippen LogP contribution in [0.25, 0.3) is 0 Å². The van der Waals surface area contributed by atoms with Crippen LogP contribution in [0.15, 0.2) is 58.0 Å². The Balaban J connectivity index is 1.63. The summed E-state index contributed by atoms with van der Waals surface area (Å²) in [4.78, 5) is 17.0. The number of aliphatic imine (C=N–C) groups is 1. The van der Waals surface area contributed by atoms with Crippen molar-refractivity contribution in [2.24, 2.45) is 4.99 Å². The summed E-state index contributed by atoms with van der Waals surface area (Å²) in [5, 5.41) is 2.73. The maximum absolute atomic E-state index is 12.3. The van der Waals surface area contributed by atoms with E-state index in [0.29, 0.717) is 0 Å². The van der Waals surface area contributed by atoms with E-state index < -0.39 is 0 Å². The zero-order valence-electron chi connectivity index (χ0n) is 12.5. The number of rotatable bonds is 3. The average molecular weight is 407 g/mol. The lowest BCUT2D eigenvalue weighted by atomic mass is 10.2. The number of carbonyl (C=O) groups is 1. The van der Waals surface area contributed by atoms with Crippen molar-refractivity contribution >= 4 is 61.1 Å². The molecular weight excluding hydrogens is 392 g/mol. The van der Waals surface area contributed by atoms with E-state index in [1.54, 1.807) is 11.8 Å². The number of thioether (sulfide) groups is 2. The van der Waals surface area contributed by atoms with Crippen molar-refractivity contribution in [1.29, 1.82) is 0 Å². The molecule has 0 fully saturated rings. The van der Waals surface area contributed by atoms with Gasteiger partial charge in [0.15, 0.2) is 0 Å². The summed E-state index contributed by atoms with van der Waals surface area (Å²) in [7, 11) is 0. The number of anilines is 1. The Morgan fingerprint density at radius 2 is 2.00 bits per heavy atom. The predicted octanol–water partition coefficient (Wildman–Crippen LogP) is 5.44. The topological polar surface area (TPSA) is 41.5 Å². The van der Waals surface area contributed by atoms with Crippen molar-refractivity contribution < 1.29 is 4.79 Å². The van der Waals surface area contributed by atoms with Gasteiger partial charge in [-0.05, 0) is 42.8 Å². The van der Waals surface area contributed by atoms with Gasteiger partial charge in [-0.25, -0.2) is 4.99 Å². The molecule has 1 atom stereocenters. The number of para-hydroxylation sites is 1. The molecule has 6 heteroatoms. The Kier molecular flexibility index (Phi) is 5.46. The van der Waals surface area contributed by atoms with Gasteiger partial charge in [-0.15, -0.1) is 0 Å². The van der Waals surface area contributed by atoms with Gasteiger partial charge < -0.3 is 5.32 Å². The third-order valence-electron chi connectivity index (χ3n) is 3.31. The lowest BCUT2D eigenvalue weighted by Crippen LogP contribution is -2.23. The second-order valence-corrected chi connectivity index (χ2v) is 8.52. The lowest BCUT2D eigenvalue weighted by molar-refractivity contribution is -0.115. The highest BCUT2D eigenvalue weighted by atomic mass is 79.9. The van der Waals surface area contributed by atoms with E-state index in [1.165, 1.54) is 17.3 Å². The molecule has 1 N–H and O–H groups in total. The fourth-order valence-electron chi connectivity index (χ4n) is 2.05. The molecule has 0 radical (unpaired) electrons. The van der Waals surface area contributed by atoms with E-state index in [2.05, 4.69) is 32.3 Å². The summed E-state index contributed by atoms with van der Waals surface area (Å²) in [6.07, 6.45) is 0. The SMILES string of the molecule is CC(SC1=Nc2ccccc2CS1)C(=O)Nc1ccc(Br)cc1. The molecule has 0 aliphatic carbocycles. The van der Waals surface area contributed by atoms with Crippen LogP contribution in [0, 0.1) is 0 Å². The molecule has 0 bridgehead atoms. The molecule has 3 nitrogen and oxygen atoms in total. The maximum Gasteiger partial charge on any atom is 0.237 e. The molecule has 2 aromatic rings. The molecule has 1 heterocycles. The molecule has 1 aliphatic heterocycles. The second-order valence-electron chi connectivity index (χ2n) is 5.05. The summed E-state index contributed by atoms with van der Waals surface area (Å²) >= 11 is 6.58. The molecule has 2 aromatic carbocycles. The highest BCUT2D eigenvalue weighted by Crippen LogP contribution is 2.35. The third kappa shape index (κ3) is 4.40. The van der Waals surface area contributed by atoms with Crippen LogP contribution in [-0.4, -0.2) is 15.5 Å². The quantitative estimate of drug-likeness (QED) is 0.736. The number of halogens is 1. The van der Waals surface area contributed by atoms with Gasteiger partial charge in [0.2, 0.25) is 5.91 Å². The van der Waals surface area contributed by atoms with Crippen molar-refractivity contribution in [3.05, 3.63) is 58.6 Å². The van der Waals surface area contributed by atoms with E-state index in [0.717, 1.165) is 26.0 Å². The summed E-state index contributed by atoms with van der Waals surface area (Å²) in [5.74, 6) is 0.891. The molecule has 3 rings (SSSR count). The van der Waals surface area contributed by atoms with Crippen LogP contribution < -0.4 is 5.32 Å². The zero-order chi connectivity index (χ0) is 16.2. The number of hydrogen-bond acceptors (Lipinski definition) is 4. The highest BCUT2D eigenvalue weighted by molar-refractivity contribution is 9.10. The monoisotopic (exact) mass is 406 g/mol. The molecule has 0 saturated heterocycles. The Labute approximate surface area is 152 Å². The van der Waals surface area contributed by atoms with Crippen LogP contribution in [0.2, 0.25) is 0 Å². The van der Waals surface area contributed by atoms with E-state index in [-0.39, 0.29) is 11.2 Å². The van der Waals surface area contributed by atoms with Gasteiger partial charge in [-0.2, -0.15) is 0 Å². The van der Waals surface area contributed by atoms with Crippen LogP contribution in [0.4, 0.5) is 11.4 Å². The fraction of sp³-hybridized carbons (Fsp3) is 0.176. The van der Waals surface area contributed by atoms with Gasteiger partial charge >= 0.3 is 0 Å². The zero-order valence-corrected chi connectivity index (χ0v) is 15.7. The minimum atomic E-state index is -0.199. The largest absolute Gasteiger partial charge is 0.325 e. The normalized spacial score (nSPS) is 14.6. The van der Waals surface area contributed by atoms with Crippen LogP contribution in [-0.2, 0) is 10.5 Å². The van der Waals surface area contributed by atoms with Crippen molar-refractivity contribution in [3.8, 4) is 0 Å². The van der Waals surface area contributed by atoms with Crippen LogP contribution in [0.1, 0.15) is 12.5 Å². The number of hydrogen-bond donors (Lipinski definition) is 1. The second kappa shape index (κ2) is 7.55. The van der Waals surface area contributed by atoms with E-state index >= 15 is 0 Å². The molecule has 118 valence electrons. The number of fused-ring (bicyclic) bond motifs is 1. The van der Waals surface area contributed by atoms with Gasteiger partial charge in [0, 0.05) is 15.9 Å². The number of nitrogens with zero attached hydrogens (tertiary/aromatic N) is 1. The molecule has 1 unspecified atom stereocenters. The Morgan fingerprint density at radius 1 is 1.26 bits per heavy atom. The summed E-state index contributed by atoms with van der Waals surface area (Å²) < 4.78 is 1.94. The van der Waals surface area contributed by atoms with Crippen LogP contribution in [0.3, 0.4) is 0 Å². The van der Waals surface area contributed by atoms with Gasteiger partial charge in [0.05, 0.1) is 10.9 Å². The van der Waals surface area contributed by atoms with E-state index in [4.69, 9.17) is 0 Å². The first-order valence-electron chi connectivity index (χ1n) is 7.14. The van der Waals surface area contributed by atoms with Crippen molar-refractivity contribution in [3.63, 3.8) is 0 Å². The minimum Gasteiger partial charge on any atom is -0.325 e. The summed E-state index contributed by atoms with van der Waals surface area (Å²) in [6.45, 7) is 1.91. The number of amides is 1. The predicted molar refractivity (Wildman–Crippen MR) is 105 cm³/mol. The molecular formula is C17H15BrN2OS2. The van der Waals surface area contributed by atoms with Gasteiger partial charge in [0.25, 0.3) is 0 Å². The first-order chi connectivity index (χ1) is 11.1. The Morgan fingerprint density at radius 3 is 2.78 bits per heavy atom. The van der Waals surface area contributed by atoms with Crippen molar-refractivity contribution in [1.82, 2.24) is 0 Å². The molecule has 23 heavy (non-hydrogen) atoms. The fourth-order valence-corrected chi connectivity index (χ4v) is 4.51. The summed E-state index contributed by atoms with van der Waals surface area (Å²) in [5.41, 5.74) is 3.05. The summed E-state index contributed by atoms with van der Waals surface area (Å²) in [6, 6.07) is 15.7. The molecule has 0 spiro atoms. The van der Waals surface area contributed by atoms with E-state index in [9.17, 15) is 4.79 Å². The number of carbonyl (C=O) groups excluding carboxylic acids is 1. The third-order valence-corrected chi connectivity index (χ3v) is 6.14. The van der Waals surface area contributed by atoms with Crippen LogP contribution >= 0.6 is 39.5 Å².